The van der Waals surface area contributed by atoms with Gasteiger partial charge in [-0.3, -0.25) is 0 Å². The lowest BCUT2D eigenvalue weighted by atomic mass is 10.2. The van der Waals surface area contributed by atoms with Crippen LogP contribution in [0.1, 0.15) is 27.7 Å². The molecular formula is C36H46N4O6. The zero-order valence-corrected chi connectivity index (χ0v) is 27.5. The number of hydrogen-bond acceptors (Lipinski definition) is 10. The van der Waals surface area contributed by atoms with Crippen LogP contribution in [-0.4, -0.2) is 89.0 Å². The van der Waals surface area contributed by atoms with E-state index in [1.807, 2.05) is 64.1 Å². The number of oxazole rings is 2. The Labute approximate surface area is 271 Å². The van der Waals surface area contributed by atoms with E-state index in [1.165, 1.54) is 0 Å². The predicted octanol–water partition coefficient (Wildman–Crippen LogP) is 7.06. The van der Waals surface area contributed by atoms with E-state index in [9.17, 15) is 0 Å². The van der Waals surface area contributed by atoms with Gasteiger partial charge in [-0.1, -0.05) is 0 Å². The summed E-state index contributed by atoms with van der Waals surface area (Å²) in [5.74, 6) is 1.11. The molecule has 0 atom stereocenters. The van der Waals surface area contributed by atoms with Crippen LogP contribution in [0, 0.1) is 0 Å². The highest BCUT2D eigenvalue weighted by Gasteiger charge is 2.16. The van der Waals surface area contributed by atoms with E-state index in [1.54, 1.807) is 0 Å². The molecule has 10 nitrogen and oxygen atoms in total. The number of rotatable bonds is 20. The van der Waals surface area contributed by atoms with Gasteiger partial charge in [-0.05, 0) is 82.3 Å². The Morgan fingerprint density at radius 3 is 1.17 bits per heavy atom. The van der Waals surface area contributed by atoms with Crippen LogP contribution in [0.4, 0.5) is 11.4 Å². The second-order valence-corrected chi connectivity index (χ2v) is 10.7. The van der Waals surface area contributed by atoms with Crippen LogP contribution in [0.2, 0.25) is 0 Å². The van der Waals surface area contributed by atoms with Gasteiger partial charge in [0.2, 0.25) is 11.8 Å². The number of ether oxygens (including phenoxy) is 4. The molecule has 0 saturated carbocycles. The van der Waals surface area contributed by atoms with Crippen molar-refractivity contribution in [1.29, 1.82) is 0 Å². The molecule has 246 valence electrons. The van der Waals surface area contributed by atoms with Crippen molar-refractivity contribution in [3.8, 4) is 22.9 Å². The van der Waals surface area contributed by atoms with Gasteiger partial charge in [-0.2, -0.15) is 0 Å². The van der Waals surface area contributed by atoms with Gasteiger partial charge in [0.25, 0.3) is 0 Å². The lowest BCUT2D eigenvalue weighted by Gasteiger charge is -2.24. The van der Waals surface area contributed by atoms with Crippen LogP contribution in [0.25, 0.3) is 45.1 Å². The van der Waals surface area contributed by atoms with Gasteiger partial charge < -0.3 is 37.6 Å². The van der Waals surface area contributed by atoms with E-state index in [0.29, 0.717) is 75.8 Å². The maximum Gasteiger partial charge on any atom is 0.227 e. The van der Waals surface area contributed by atoms with Gasteiger partial charge in [0, 0.05) is 81.2 Å². The molecule has 10 heteroatoms. The summed E-state index contributed by atoms with van der Waals surface area (Å²) in [7, 11) is 0. The fourth-order valence-corrected chi connectivity index (χ4v) is 5.24. The molecule has 0 aliphatic carbocycles. The molecule has 0 unspecified atom stereocenters. The molecule has 2 heterocycles. The number of benzene rings is 3. The quantitative estimate of drug-likeness (QED) is 0.0832. The zero-order chi connectivity index (χ0) is 32.1. The predicted molar refractivity (Wildman–Crippen MR) is 183 cm³/mol. The van der Waals surface area contributed by atoms with E-state index < -0.39 is 0 Å². The zero-order valence-electron chi connectivity index (χ0n) is 27.5. The van der Waals surface area contributed by atoms with E-state index in [-0.39, 0.29) is 0 Å². The SMILES string of the molecule is CCOCCN(CCOCC)c1ccc(-c2nc3cc4nc(-c5ccc(N(CCOCC)CCOCC)cc5)oc4cc3o2)cc1. The van der Waals surface area contributed by atoms with Gasteiger partial charge in [-0.15, -0.1) is 0 Å². The van der Waals surface area contributed by atoms with E-state index in [0.717, 1.165) is 59.7 Å². The Kier molecular flexibility index (Phi) is 12.4. The highest BCUT2D eigenvalue weighted by Crippen LogP contribution is 2.32. The summed E-state index contributed by atoms with van der Waals surface area (Å²) in [4.78, 5) is 14.1. The summed E-state index contributed by atoms with van der Waals surface area (Å²) in [6.07, 6.45) is 0. The normalized spacial score (nSPS) is 11.6. The Morgan fingerprint density at radius 2 is 0.848 bits per heavy atom. The summed E-state index contributed by atoms with van der Waals surface area (Å²) < 4.78 is 34.7. The van der Waals surface area contributed by atoms with Crippen LogP contribution < -0.4 is 9.80 Å². The molecule has 5 rings (SSSR count). The molecule has 3 aromatic carbocycles. The molecular weight excluding hydrogens is 584 g/mol. The third-order valence-corrected chi connectivity index (χ3v) is 7.70. The van der Waals surface area contributed by atoms with Crippen LogP contribution >= 0.6 is 0 Å². The minimum absolute atomic E-state index is 0.554. The molecule has 0 spiro atoms. The lowest BCUT2D eigenvalue weighted by molar-refractivity contribution is 0.141. The molecule has 0 saturated heterocycles. The van der Waals surface area contributed by atoms with Crippen molar-refractivity contribution in [1.82, 2.24) is 9.97 Å². The lowest BCUT2D eigenvalue weighted by Crippen LogP contribution is -2.31. The van der Waals surface area contributed by atoms with Crippen LogP contribution in [0.15, 0.2) is 69.5 Å². The molecule has 0 amide bonds. The molecule has 0 aliphatic heterocycles. The second-order valence-electron chi connectivity index (χ2n) is 10.7. The minimum atomic E-state index is 0.554. The highest BCUT2D eigenvalue weighted by molar-refractivity contribution is 5.91. The number of hydrogen-bond donors (Lipinski definition) is 0. The maximum absolute atomic E-state index is 6.18. The Bertz CT molecular complexity index is 1430. The number of anilines is 2. The van der Waals surface area contributed by atoms with E-state index in [4.69, 9.17) is 37.7 Å². The molecule has 0 fully saturated rings. The molecule has 0 aliphatic rings. The first-order valence-corrected chi connectivity index (χ1v) is 16.4. The number of nitrogens with zero attached hydrogens (tertiary/aromatic N) is 4. The first kappa shape index (κ1) is 33.4. The monoisotopic (exact) mass is 630 g/mol. The van der Waals surface area contributed by atoms with Gasteiger partial charge in [0.1, 0.15) is 11.0 Å². The third-order valence-electron chi connectivity index (χ3n) is 7.70. The largest absolute Gasteiger partial charge is 0.436 e. The summed E-state index contributed by atoms with van der Waals surface area (Å²) in [6, 6.07) is 20.3. The van der Waals surface area contributed by atoms with Gasteiger partial charge in [0.15, 0.2) is 11.2 Å². The first-order valence-electron chi connectivity index (χ1n) is 16.4. The van der Waals surface area contributed by atoms with Crippen molar-refractivity contribution in [2.24, 2.45) is 0 Å². The number of fused-ring (bicyclic) bond motifs is 2. The van der Waals surface area contributed by atoms with Crippen LogP contribution in [0.5, 0.6) is 0 Å². The first-order chi connectivity index (χ1) is 22.6. The van der Waals surface area contributed by atoms with Crippen molar-refractivity contribution < 1.29 is 27.8 Å². The Hall–Kier alpha value is -3.96. The average Bonchev–Trinajstić information content (AvgIpc) is 3.70. The van der Waals surface area contributed by atoms with Gasteiger partial charge in [0.05, 0.1) is 26.4 Å². The molecule has 0 radical (unpaired) electrons. The van der Waals surface area contributed by atoms with Gasteiger partial charge >= 0.3 is 0 Å². The molecule has 2 aromatic heterocycles. The van der Waals surface area contributed by atoms with Crippen molar-refractivity contribution >= 4 is 33.6 Å². The molecule has 0 N–H and O–H groups in total. The second kappa shape index (κ2) is 17.1. The fourth-order valence-electron chi connectivity index (χ4n) is 5.24. The summed E-state index contributed by atoms with van der Waals surface area (Å²) in [6.45, 7) is 16.7. The topological polar surface area (TPSA) is 95.5 Å². The van der Waals surface area contributed by atoms with Crippen LogP contribution in [0.3, 0.4) is 0 Å². The molecule has 46 heavy (non-hydrogen) atoms. The highest BCUT2D eigenvalue weighted by atomic mass is 16.5. The maximum atomic E-state index is 6.18. The minimum Gasteiger partial charge on any atom is -0.436 e. The number of aromatic nitrogens is 2. The smallest absolute Gasteiger partial charge is 0.227 e. The average molecular weight is 631 g/mol. The van der Waals surface area contributed by atoms with Gasteiger partial charge in [-0.25, -0.2) is 9.97 Å². The van der Waals surface area contributed by atoms with Crippen molar-refractivity contribution in [3.63, 3.8) is 0 Å². The molecule has 0 bridgehead atoms. The van der Waals surface area contributed by atoms with Crippen molar-refractivity contribution in [2.75, 3.05) is 88.8 Å². The summed E-state index contributed by atoms with van der Waals surface area (Å²) >= 11 is 0. The summed E-state index contributed by atoms with van der Waals surface area (Å²) in [5, 5.41) is 0. The molecule has 5 aromatic rings. The standard InChI is InChI=1S/C36H46N4O6/c1-5-41-21-17-39(18-22-42-6-2)29-13-9-27(10-14-29)35-37-31-25-32-34(26-33(31)45-35)46-36(38-32)28-11-15-30(16-12-28)40(19-23-43-7-3)20-24-44-8-4/h9-16,25-26H,5-8,17-24H2,1-4H3. The third kappa shape index (κ3) is 8.64. The van der Waals surface area contributed by atoms with E-state index >= 15 is 0 Å². The summed E-state index contributed by atoms with van der Waals surface area (Å²) in [5.41, 5.74) is 6.77. The fraction of sp³-hybridized carbons (Fsp3) is 0.444. The van der Waals surface area contributed by atoms with E-state index in [2.05, 4.69) is 34.1 Å². The van der Waals surface area contributed by atoms with Crippen molar-refractivity contribution in [2.45, 2.75) is 27.7 Å². The Balaban J connectivity index is 1.30. The Morgan fingerprint density at radius 1 is 0.500 bits per heavy atom. The van der Waals surface area contributed by atoms with Crippen LogP contribution in [-0.2, 0) is 18.9 Å². The van der Waals surface area contributed by atoms with Crippen molar-refractivity contribution in [3.05, 3.63) is 60.7 Å².